The number of nitrogens with one attached hydrogen (secondary N) is 2. The van der Waals surface area contributed by atoms with Crippen molar-refractivity contribution in [3.05, 3.63) is 39.8 Å². The first-order valence-electron chi connectivity index (χ1n) is 8.58. The third-order valence-electron chi connectivity index (χ3n) is 4.21. The lowest BCUT2D eigenvalue weighted by atomic mass is 10.1. The van der Waals surface area contributed by atoms with Crippen LogP contribution in [0, 0.1) is 0 Å². The fraction of sp³-hybridized carbons (Fsp3) is 0.471. The van der Waals surface area contributed by atoms with Crippen molar-refractivity contribution >= 4 is 34.8 Å². The average molecular weight is 395 g/mol. The highest BCUT2D eigenvalue weighted by atomic mass is 35.5. The SMILES string of the molecule is CN=C(NCC(O)c1ccc(Cl)s1)NC1CCCN(c2ncccn2)C1. The third kappa shape index (κ3) is 5.06. The minimum absolute atomic E-state index is 0.243. The van der Waals surface area contributed by atoms with Crippen LogP contribution in [0.5, 0.6) is 0 Å². The maximum absolute atomic E-state index is 10.3. The molecule has 3 heterocycles. The Morgan fingerprint density at radius 3 is 2.96 bits per heavy atom. The van der Waals surface area contributed by atoms with Gasteiger partial charge in [0.15, 0.2) is 5.96 Å². The van der Waals surface area contributed by atoms with Crippen LogP contribution in [0.15, 0.2) is 35.6 Å². The molecular weight excluding hydrogens is 372 g/mol. The number of aliphatic hydroxyl groups excluding tert-OH is 1. The monoisotopic (exact) mass is 394 g/mol. The number of piperidine rings is 1. The topological polar surface area (TPSA) is 85.7 Å². The lowest BCUT2D eigenvalue weighted by Gasteiger charge is -2.33. The number of guanidine groups is 1. The largest absolute Gasteiger partial charge is 0.386 e. The van der Waals surface area contributed by atoms with Gasteiger partial charge in [-0.2, -0.15) is 0 Å². The van der Waals surface area contributed by atoms with E-state index in [-0.39, 0.29) is 6.04 Å². The van der Waals surface area contributed by atoms with E-state index in [4.69, 9.17) is 11.6 Å². The molecule has 9 heteroatoms. The summed E-state index contributed by atoms with van der Waals surface area (Å²) in [7, 11) is 1.73. The predicted octanol–water partition coefficient (Wildman–Crippen LogP) is 2.06. The van der Waals surface area contributed by atoms with Crippen molar-refractivity contribution in [2.45, 2.75) is 25.0 Å². The maximum atomic E-state index is 10.3. The number of halogens is 1. The van der Waals surface area contributed by atoms with E-state index in [0.717, 1.165) is 36.8 Å². The van der Waals surface area contributed by atoms with Gasteiger partial charge in [0.1, 0.15) is 6.10 Å². The van der Waals surface area contributed by atoms with Crippen LogP contribution < -0.4 is 15.5 Å². The van der Waals surface area contributed by atoms with Gasteiger partial charge in [-0.05, 0) is 31.0 Å². The van der Waals surface area contributed by atoms with Crippen molar-refractivity contribution in [3.8, 4) is 0 Å². The highest BCUT2D eigenvalue weighted by molar-refractivity contribution is 7.16. The molecule has 3 N–H and O–H groups in total. The van der Waals surface area contributed by atoms with Gasteiger partial charge in [-0.15, -0.1) is 11.3 Å². The molecule has 0 bridgehead atoms. The second-order valence-corrected chi connectivity index (χ2v) is 7.84. The van der Waals surface area contributed by atoms with Gasteiger partial charge in [-0.25, -0.2) is 9.97 Å². The van der Waals surface area contributed by atoms with Gasteiger partial charge >= 0.3 is 0 Å². The molecule has 26 heavy (non-hydrogen) atoms. The van der Waals surface area contributed by atoms with E-state index in [2.05, 4.69) is 30.5 Å². The number of thiophene rings is 1. The number of aliphatic imine (C=N–C) groups is 1. The second kappa shape index (κ2) is 9.16. The molecular formula is C17H23ClN6OS. The molecule has 0 radical (unpaired) electrons. The molecule has 140 valence electrons. The van der Waals surface area contributed by atoms with Crippen LogP contribution in [-0.2, 0) is 0 Å². The Hall–Kier alpha value is -1.90. The molecule has 7 nitrogen and oxygen atoms in total. The van der Waals surface area contributed by atoms with Gasteiger partial charge < -0.3 is 20.6 Å². The zero-order valence-corrected chi connectivity index (χ0v) is 16.2. The summed E-state index contributed by atoms with van der Waals surface area (Å²) < 4.78 is 0.673. The summed E-state index contributed by atoms with van der Waals surface area (Å²) in [5.74, 6) is 1.43. The zero-order chi connectivity index (χ0) is 18.4. The van der Waals surface area contributed by atoms with E-state index in [1.165, 1.54) is 11.3 Å². The number of hydrogen-bond donors (Lipinski definition) is 3. The molecule has 0 spiro atoms. The Balaban J connectivity index is 1.51. The molecule has 0 amide bonds. The number of rotatable bonds is 5. The molecule has 0 aliphatic carbocycles. The van der Waals surface area contributed by atoms with Gasteiger partial charge in [-0.1, -0.05) is 11.6 Å². The van der Waals surface area contributed by atoms with Crippen molar-refractivity contribution in [2.24, 2.45) is 4.99 Å². The molecule has 2 unspecified atom stereocenters. The van der Waals surface area contributed by atoms with Crippen molar-refractivity contribution < 1.29 is 5.11 Å². The van der Waals surface area contributed by atoms with E-state index in [1.54, 1.807) is 25.5 Å². The van der Waals surface area contributed by atoms with Crippen LogP contribution in [-0.4, -0.2) is 53.8 Å². The maximum Gasteiger partial charge on any atom is 0.225 e. The second-order valence-electron chi connectivity index (χ2n) is 6.09. The Kier molecular flexibility index (Phi) is 6.65. The van der Waals surface area contributed by atoms with E-state index >= 15 is 0 Å². The highest BCUT2D eigenvalue weighted by Gasteiger charge is 2.22. The first-order chi connectivity index (χ1) is 12.7. The number of hydrogen-bond acceptors (Lipinski definition) is 6. The lowest BCUT2D eigenvalue weighted by molar-refractivity contribution is 0.184. The van der Waals surface area contributed by atoms with E-state index in [1.807, 2.05) is 12.1 Å². The summed E-state index contributed by atoms with van der Waals surface area (Å²) >= 11 is 7.31. The minimum atomic E-state index is -0.619. The molecule has 1 aliphatic rings. The van der Waals surface area contributed by atoms with Crippen LogP contribution >= 0.6 is 22.9 Å². The molecule has 1 aliphatic heterocycles. The molecule has 3 rings (SSSR count). The Labute approximate surface area is 162 Å². The summed E-state index contributed by atoms with van der Waals surface area (Å²) in [5, 5.41) is 16.9. The molecule has 1 saturated heterocycles. The fourth-order valence-electron chi connectivity index (χ4n) is 2.92. The van der Waals surface area contributed by atoms with Crippen LogP contribution in [0.25, 0.3) is 0 Å². The van der Waals surface area contributed by atoms with E-state index < -0.39 is 6.10 Å². The van der Waals surface area contributed by atoms with Gasteiger partial charge in [0, 0.05) is 50.0 Å². The molecule has 1 fully saturated rings. The molecule has 0 aromatic carbocycles. The summed E-state index contributed by atoms with van der Waals surface area (Å²) in [4.78, 5) is 15.9. The van der Waals surface area contributed by atoms with Crippen molar-refractivity contribution in [1.82, 2.24) is 20.6 Å². The molecule has 2 atom stereocenters. The standard InChI is InChI=1S/C17H23ClN6OS/c1-19-16(22-10-13(25)14-5-6-15(18)26-14)23-12-4-2-9-24(11-12)17-20-7-3-8-21-17/h3,5-8,12-13,25H,2,4,9-11H2,1H3,(H2,19,22,23). The molecule has 2 aromatic heterocycles. The third-order valence-corrected chi connectivity index (χ3v) is 5.54. The number of anilines is 1. The van der Waals surface area contributed by atoms with Crippen LogP contribution in [0.3, 0.4) is 0 Å². The number of aliphatic hydroxyl groups is 1. The van der Waals surface area contributed by atoms with Gasteiger partial charge in [-0.3, -0.25) is 4.99 Å². The quantitative estimate of drug-likeness (QED) is 0.531. The van der Waals surface area contributed by atoms with Gasteiger partial charge in [0.05, 0.1) is 4.34 Å². The van der Waals surface area contributed by atoms with Gasteiger partial charge in [0.25, 0.3) is 0 Å². The highest BCUT2D eigenvalue weighted by Crippen LogP contribution is 2.26. The summed E-state index contributed by atoms with van der Waals surface area (Å²) in [6.45, 7) is 2.13. The lowest BCUT2D eigenvalue weighted by Crippen LogP contribution is -2.52. The van der Waals surface area contributed by atoms with Crippen LogP contribution in [0.2, 0.25) is 4.34 Å². The van der Waals surface area contributed by atoms with Crippen LogP contribution in [0.1, 0.15) is 23.8 Å². The van der Waals surface area contributed by atoms with Crippen molar-refractivity contribution in [3.63, 3.8) is 0 Å². The summed E-state index contributed by atoms with van der Waals surface area (Å²) in [5.41, 5.74) is 0. The Morgan fingerprint density at radius 1 is 1.46 bits per heavy atom. The predicted molar refractivity (Wildman–Crippen MR) is 106 cm³/mol. The fourth-order valence-corrected chi connectivity index (χ4v) is 3.97. The normalized spacial score (nSPS) is 19.3. The molecule has 2 aromatic rings. The van der Waals surface area contributed by atoms with E-state index in [0.29, 0.717) is 16.8 Å². The Morgan fingerprint density at radius 2 is 2.27 bits per heavy atom. The van der Waals surface area contributed by atoms with Crippen molar-refractivity contribution in [1.29, 1.82) is 0 Å². The molecule has 0 saturated carbocycles. The average Bonchev–Trinajstić information content (AvgIpc) is 3.12. The minimum Gasteiger partial charge on any atom is -0.386 e. The Bertz CT molecular complexity index is 725. The summed E-state index contributed by atoms with van der Waals surface area (Å²) in [6.07, 6.45) is 5.01. The number of nitrogens with zero attached hydrogens (tertiary/aromatic N) is 4. The van der Waals surface area contributed by atoms with E-state index in [9.17, 15) is 5.11 Å². The first kappa shape index (κ1) is 18.9. The van der Waals surface area contributed by atoms with Crippen molar-refractivity contribution in [2.75, 3.05) is 31.6 Å². The zero-order valence-electron chi connectivity index (χ0n) is 14.6. The van der Waals surface area contributed by atoms with Crippen LogP contribution in [0.4, 0.5) is 5.95 Å². The summed E-state index contributed by atoms with van der Waals surface area (Å²) in [6, 6.07) is 5.70. The first-order valence-corrected chi connectivity index (χ1v) is 9.77. The van der Waals surface area contributed by atoms with Gasteiger partial charge in [0.2, 0.25) is 5.95 Å². The number of aromatic nitrogens is 2. The smallest absolute Gasteiger partial charge is 0.225 e.